The number of nitrogens with zero attached hydrogens (tertiary/aromatic N) is 1. The maximum absolute atomic E-state index is 12.7. The lowest BCUT2D eigenvalue weighted by molar-refractivity contribution is -0.120. The summed E-state index contributed by atoms with van der Waals surface area (Å²) in [4.78, 5) is 13.0. The van der Waals surface area contributed by atoms with Gasteiger partial charge in [-0.05, 0) is 37.1 Å². The minimum absolute atomic E-state index is 0.0599. The summed E-state index contributed by atoms with van der Waals surface area (Å²) in [6.45, 7) is 2.03. The summed E-state index contributed by atoms with van der Waals surface area (Å²) in [6, 6.07) is 14.5. The molecule has 156 valence electrons. The molecule has 2 aromatic rings. The van der Waals surface area contributed by atoms with E-state index in [9.17, 15) is 21.6 Å². The molecule has 0 aromatic heterocycles. The summed E-state index contributed by atoms with van der Waals surface area (Å²) in [5.74, 6) is -0.731. The van der Waals surface area contributed by atoms with E-state index < -0.39 is 19.9 Å². The van der Waals surface area contributed by atoms with Gasteiger partial charge in [0.25, 0.3) is 0 Å². The van der Waals surface area contributed by atoms with Gasteiger partial charge in [-0.25, -0.2) is 16.8 Å². The Balaban J connectivity index is 1.68. The van der Waals surface area contributed by atoms with Crippen LogP contribution in [0.4, 0.5) is 5.69 Å². The summed E-state index contributed by atoms with van der Waals surface area (Å²) >= 11 is 0. The van der Waals surface area contributed by atoms with Gasteiger partial charge in [0.1, 0.15) is 0 Å². The molecule has 1 N–H and O–H groups in total. The number of carbonyl (C=O) groups excluding carboxylic acids is 1. The molecular weight excluding hydrogens is 412 g/mol. The van der Waals surface area contributed by atoms with Crippen molar-refractivity contribution in [1.29, 1.82) is 0 Å². The van der Waals surface area contributed by atoms with Crippen molar-refractivity contribution in [2.24, 2.45) is 5.92 Å². The van der Waals surface area contributed by atoms with Crippen LogP contribution >= 0.6 is 0 Å². The van der Waals surface area contributed by atoms with Gasteiger partial charge in [0.2, 0.25) is 15.9 Å². The molecular formula is C20H24N2O5S2. The normalized spacial score (nSPS) is 16.4. The van der Waals surface area contributed by atoms with Gasteiger partial charge in [0.05, 0.1) is 21.2 Å². The molecule has 29 heavy (non-hydrogen) atoms. The van der Waals surface area contributed by atoms with Crippen LogP contribution in [0.1, 0.15) is 19.8 Å². The Morgan fingerprint density at radius 2 is 1.55 bits per heavy atom. The zero-order valence-electron chi connectivity index (χ0n) is 16.1. The van der Waals surface area contributed by atoms with Crippen molar-refractivity contribution in [2.45, 2.75) is 29.6 Å². The number of hydrogen-bond acceptors (Lipinski definition) is 5. The van der Waals surface area contributed by atoms with E-state index in [0.29, 0.717) is 12.8 Å². The predicted molar refractivity (Wildman–Crippen MR) is 111 cm³/mol. The molecule has 1 fully saturated rings. The van der Waals surface area contributed by atoms with E-state index >= 15 is 0 Å². The number of carbonyl (C=O) groups is 1. The number of hydrogen-bond donors (Lipinski definition) is 1. The second-order valence-corrected chi connectivity index (χ2v) is 11.1. The molecule has 9 heteroatoms. The molecule has 2 aromatic carbocycles. The first-order valence-corrected chi connectivity index (χ1v) is 12.5. The van der Waals surface area contributed by atoms with Crippen LogP contribution in [0.5, 0.6) is 0 Å². The van der Waals surface area contributed by atoms with E-state index in [1.807, 2.05) is 0 Å². The van der Waals surface area contributed by atoms with Crippen molar-refractivity contribution in [3.63, 3.8) is 0 Å². The molecule has 0 atom stereocenters. The average Bonchev–Trinajstić information content (AvgIpc) is 2.74. The molecule has 1 saturated heterocycles. The molecule has 1 aliphatic heterocycles. The molecule has 0 unspecified atom stereocenters. The Bertz CT molecular complexity index is 1070. The predicted octanol–water partition coefficient (Wildman–Crippen LogP) is 2.52. The van der Waals surface area contributed by atoms with Crippen molar-refractivity contribution in [2.75, 3.05) is 24.2 Å². The third kappa shape index (κ3) is 4.68. The van der Waals surface area contributed by atoms with Crippen LogP contribution in [0.2, 0.25) is 0 Å². The number of anilines is 1. The molecule has 0 bridgehead atoms. The first kappa shape index (κ1) is 21.5. The number of sulfone groups is 1. The Hall–Kier alpha value is -2.23. The monoisotopic (exact) mass is 436 g/mol. The van der Waals surface area contributed by atoms with E-state index in [1.54, 1.807) is 55.5 Å². The fraction of sp³-hybridized carbons (Fsp3) is 0.350. The first-order chi connectivity index (χ1) is 13.8. The average molecular weight is 437 g/mol. The lowest BCUT2D eigenvalue weighted by Crippen LogP contribution is -2.41. The Morgan fingerprint density at radius 3 is 2.17 bits per heavy atom. The highest BCUT2D eigenvalue weighted by Gasteiger charge is 2.32. The van der Waals surface area contributed by atoms with Crippen molar-refractivity contribution < 1.29 is 21.6 Å². The number of para-hydroxylation sites is 1. The fourth-order valence-electron chi connectivity index (χ4n) is 3.33. The fourth-order valence-corrected chi connectivity index (χ4v) is 5.87. The quantitative estimate of drug-likeness (QED) is 0.750. The van der Waals surface area contributed by atoms with Crippen molar-refractivity contribution >= 4 is 31.5 Å². The SMILES string of the molecule is CCS(=O)(=O)c1ccccc1NC(=O)C1CCN(S(=O)(=O)c2ccccc2)CC1. The maximum atomic E-state index is 12.7. The molecule has 7 nitrogen and oxygen atoms in total. The lowest BCUT2D eigenvalue weighted by Gasteiger charge is -2.30. The standard InChI is InChI=1S/C20H24N2O5S2/c1-2-28(24,25)19-11-7-6-10-18(19)21-20(23)16-12-14-22(15-13-16)29(26,27)17-8-4-3-5-9-17/h3-11,16H,2,12-15H2,1H3,(H,21,23). The first-order valence-electron chi connectivity index (χ1n) is 9.43. The molecule has 0 spiro atoms. The Morgan fingerprint density at radius 1 is 0.966 bits per heavy atom. The molecule has 1 aliphatic rings. The Kier molecular flexibility index (Phi) is 6.40. The number of sulfonamides is 1. The van der Waals surface area contributed by atoms with Crippen molar-refractivity contribution in [3.05, 3.63) is 54.6 Å². The second kappa shape index (κ2) is 8.64. The molecule has 1 amide bonds. The number of benzene rings is 2. The summed E-state index contributed by atoms with van der Waals surface area (Å²) in [7, 11) is -7.04. The third-order valence-electron chi connectivity index (χ3n) is 5.07. The van der Waals surface area contributed by atoms with Crippen LogP contribution in [0.25, 0.3) is 0 Å². The van der Waals surface area contributed by atoms with E-state index in [2.05, 4.69) is 5.32 Å². The van der Waals surface area contributed by atoms with Gasteiger partial charge in [-0.1, -0.05) is 37.3 Å². The number of amides is 1. The highest BCUT2D eigenvalue weighted by molar-refractivity contribution is 7.91. The van der Waals surface area contributed by atoms with Gasteiger partial charge >= 0.3 is 0 Å². The minimum atomic E-state index is -3.58. The zero-order chi connectivity index (χ0) is 21.1. The van der Waals surface area contributed by atoms with E-state index in [1.165, 1.54) is 10.4 Å². The Labute approximate surface area is 171 Å². The van der Waals surface area contributed by atoms with Crippen LogP contribution in [-0.4, -0.2) is 45.9 Å². The topological polar surface area (TPSA) is 101 Å². The van der Waals surface area contributed by atoms with E-state index in [4.69, 9.17) is 0 Å². The molecule has 0 saturated carbocycles. The van der Waals surface area contributed by atoms with Crippen molar-refractivity contribution in [1.82, 2.24) is 4.31 Å². The maximum Gasteiger partial charge on any atom is 0.243 e. The smallest absolute Gasteiger partial charge is 0.243 e. The molecule has 0 radical (unpaired) electrons. The molecule has 1 heterocycles. The van der Waals surface area contributed by atoms with Crippen LogP contribution in [0.15, 0.2) is 64.4 Å². The van der Waals surface area contributed by atoms with Crippen molar-refractivity contribution in [3.8, 4) is 0 Å². The third-order valence-corrected chi connectivity index (χ3v) is 8.76. The lowest BCUT2D eigenvalue weighted by atomic mass is 9.97. The second-order valence-electron chi connectivity index (χ2n) is 6.88. The summed E-state index contributed by atoms with van der Waals surface area (Å²) in [5.41, 5.74) is 0.263. The minimum Gasteiger partial charge on any atom is -0.325 e. The summed E-state index contributed by atoms with van der Waals surface area (Å²) in [5, 5.41) is 2.72. The highest BCUT2D eigenvalue weighted by Crippen LogP contribution is 2.27. The van der Waals surface area contributed by atoms with Crippen LogP contribution < -0.4 is 5.32 Å². The van der Waals surface area contributed by atoms with Gasteiger partial charge in [-0.15, -0.1) is 0 Å². The van der Waals surface area contributed by atoms with Gasteiger partial charge in [0, 0.05) is 19.0 Å². The van der Waals surface area contributed by atoms with Gasteiger partial charge < -0.3 is 5.32 Å². The van der Waals surface area contributed by atoms with Crippen LogP contribution in [-0.2, 0) is 24.7 Å². The highest BCUT2D eigenvalue weighted by atomic mass is 32.2. The summed E-state index contributed by atoms with van der Waals surface area (Å²) in [6.07, 6.45) is 0.751. The number of rotatable bonds is 6. The zero-order valence-corrected chi connectivity index (χ0v) is 17.7. The van der Waals surface area contributed by atoms with Crippen LogP contribution in [0.3, 0.4) is 0 Å². The van der Waals surface area contributed by atoms with E-state index in [0.717, 1.165) is 0 Å². The van der Waals surface area contributed by atoms with Gasteiger partial charge in [-0.3, -0.25) is 4.79 Å². The van der Waals surface area contributed by atoms with E-state index in [-0.39, 0.29) is 46.1 Å². The summed E-state index contributed by atoms with van der Waals surface area (Å²) < 4.78 is 51.3. The number of piperidine rings is 1. The van der Waals surface area contributed by atoms with Gasteiger partial charge in [-0.2, -0.15) is 4.31 Å². The molecule has 3 rings (SSSR count). The largest absolute Gasteiger partial charge is 0.325 e. The van der Waals surface area contributed by atoms with Gasteiger partial charge in [0.15, 0.2) is 9.84 Å². The number of nitrogens with one attached hydrogen (secondary N) is 1. The van der Waals surface area contributed by atoms with Crippen LogP contribution in [0, 0.1) is 5.92 Å². The molecule has 0 aliphatic carbocycles.